The second-order valence-corrected chi connectivity index (χ2v) is 7.11. The monoisotopic (exact) mass is 407 g/mol. The molecule has 0 radical (unpaired) electrons. The van der Waals surface area contributed by atoms with E-state index in [1.54, 1.807) is 19.9 Å². The topological polar surface area (TPSA) is 81.2 Å². The van der Waals surface area contributed by atoms with E-state index in [1.165, 1.54) is 18.2 Å². The third kappa shape index (κ3) is 6.27. The highest BCUT2D eigenvalue weighted by molar-refractivity contribution is 5.92. The van der Waals surface area contributed by atoms with Crippen LogP contribution in [0, 0.1) is 19.8 Å². The second-order valence-electron chi connectivity index (χ2n) is 7.11. The van der Waals surface area contributed by atoms with Gasteiger partial charge in [0.25, 0.3) is 5.91 Å². The van der Waals surface area contributed by atoms with E-state index < -0.39 is 12.3 Å². The van der Waals surface area contributed by atoms with Crippen LogP contribution < -0.4 is 10.1 Å². The Bertz CT molecular complexity index is 940. The van der Waals surface area contributed by atoms with Crippen LogP contribution in [-0.2, 0) is 17.8 Å². The lowest BCUT2D eigenvalue weighted by atomic mass is 10.1. The largest absolute Gasteiger partial charge is 0.573 e. The molecule has 0 atom stereocenters. The maximum absolute atomic E-state index is 12.5. The highest BCUT2D eigenvalue weighted by atomic mass is 19.4. The highest BCUT2D eigenvalue weighted by Crippen LogP contribution is 2.30. The summed E-state index contributed by atoms with van der Waals surface area (Å²) in [6, 6.07) is 5.62. The van der Waals surface area contributed by atoms with Gasteiger partial charge < -0.3 is 10.1 Å². The van der Waals surface area contributed by atoms with Gasteiger partial charge in [-0.05, 0) is 56.0 Å². The number of halogens is 3. The Labute approximate surface area is 165 Å². The van der Waals surface area contributed by atoms with E-state index in [9.17, 15) is 22.8 Å². The highest BCUT2D eigenvalue weighted by Gasteiger charge is 2.31. The molecule has 154 valence electrons. The summed E-state index contributed by atoms with van der Waals surface area (Å²) in [5, 5.41) is 2.62. The molecule has 1 saturated carbocycles. The first-order valence-corrected chi connectivity index (χ1v) is 9.11. The molecule has 0 saturated heterocycles. The van der Waals surface area contributed by atoms with Crippen LogP contribution in [0.4, 0.5) is 13.2 Å². The lowest BCUT2D eigenvalue weighted by Crippen LogP contribution is -2.25. The molecule has 6 nitrogen and oxygen atoms in total. The number of alkyl halides is 3. The van der Waals surface area contributed by atoms with Gasteiger partial charge >= 0.3 is 6.36 Å². The first-order valence-electron chi connectivity index (χ1n) is 9.11. The molecule has 9 heteroatoms. The average molecular weight is 407 g/mol. The number of rotatable bonds is 7. The molecule has 1 amide bonds. The Balaban J connectivity index is 1.67. The number of ether oxygens (including phenoxy) is 1. The molecule has 0 bridgehead atoms. The zero-order chi connectivity index (χ0) is 21.2. The van der Waals surface area contributed by atoms with Crippen molar-refractivity contribution in [3.63, 3.8) is 0 Å². The van der Waals surface area contributed by atoms with Crippen LogP contribution in [0.15, 0.2) is 24.3 Å². The fourth-order valence-corrected chi connectivity index (χ4v) is 2.92. The zero-order valence-corrected chi connectivity index (χ0v) is 16.0. The Kier molecular flexibility index (Phi) is 5.86. The van der Waals surface area contributed by atoms with Crippen molar-refractivity contribution in [1.29, 1.82) is 0 Å². The number of hydrogen-bond donors (Lipinski definition) is 1. The summed E-state index contributed by atoms with van der Waals surface area (Å²) in [5.74, 6) is -0.413. The number of aromatic nitrogens is 2. The molecule has 0 unspecified atom stereocenters. The molecule has 2 aromatic rings. The van der Waals surface area contributed by atoms with Gasteiger partial charge in [0.2, 0.25) is 0 Å². The lowest BCUT2D eigenvalue weighted by molar-refractivity contribution is -0.274. The third-order valence-corrected chi connectivity index (χ3v) is 4.30. The standard InChI is InChI=1S/C20H20F3N3O3/c1-11-5-13(8-15(6-11)29-20(21,22)23)10-24-19(28)16-7-12(2)25-18(26-16)9-17(27)14-3-4-14/h5-8,14H,3-4,9-10H2,1-2H3,(H,24,28). The van der Waals surface area contributed by atoms with E-state index in [0.29, 0.717) is 22.6 Å². The van der Waals surface area contributed by atoms with E-state index in [2.05, 4.69) is 20.0 Å². The van der Waals surface area contributed by atoms with Gasteiger partial charge in [-0.1, -0.05) is 6.07 Å². The minimum atomic E-state index is -4.79. The second kappa shape index (κ2) is 8.18. The fraction of sp³-hybridized carbons (Fsp3) is 0.400. The number of carbonyl (C=O) groups excluding carboxylic acids is 2. The van der Waals surface area contributed by atoms with Crippen molar-refractivity contribution in [3.05, 3.63) is 52.6 Å². The number of hydrogen-bond acceptors (Lipinski definition) is 5. The SMILES string of the molecule is Cc1cc(CNC(=O)c2cc(C)nc(CC(=O)C3CC3)n2)cc(OC(F)(F)F)c1. The van der Waals surface area contributed by atoms with E-state index in [0.717, 1.165) is 12.8 Å². The normalized spacial score (nSPS) is 13.8. The Hall–Kier alpha value is -2.97. The van der Waals surface area contributed by atoms with Gasteiger partial charge in [0.05, 0.1) is 6.42 Å². The van der Waals surface area contributed by atoms with E-state index >= 15 is 0 Å². The number of carbonyl (C=O) groups is 2. The molecule has 1 aliphatic rings. The van der Waals surface area contributed by atoms with Gasteiger partial charge in [-0.15, -0.1) is 13.2 Å². The van der Waals surface area contributed by atoms with Crippen molar-refractivity contribution in [2.75, 3.05) is 0 Å². The number of amides is 1. The minimum absolute atomic E-state index is 0.00583. The first-order chi connectivity index (χ1) is 13.6. The van der Waals surface area contributed by atoms with Gasteiger partial charge in [0.1, 0.15) is 23.1 Å². The maximum atomic E-state index is 12.5. The van der Waals surface area contributed by atoms with Crippen LogP contribution in [-0.4, -0.2) is 28.0 Å². The maximum Gasteiger partial charge on any atom is 0.573 e. The number of aryl methyl sites for hydroxylation is 2. The van der Waals surface area contributed by atoms with Crippen molar-refractivity contribution in [2.24, 2.45) is 5.92 Å². The van der Waals surface area contributed by atoms with Crippen molar-refractivity contribution < 1.29 is 27.5 Å². The number of Topliss-reactive ketones (excluding diaryl/α,β-unsaturated/α-hetero) is 1. The molecule has 1 N–H and O–H groups in total. The molecule has 1 heterocycles. The van der Waals surface area contributed by atoms with E-state index in [1.807, 2.05) is 0 Å². The molecule has 1 fully saturated rings. The molecule has 0 spiro atoms. The molecule has 3 rings (SSSR count). The van der Waals surface area contributed by atoms with Gasteiger partial charge in [-0.3, -0.25) is 9.59 Å². The predicted molar refractivity (Wildman–Crippen MR) is 97.2 cm³/mol. The summed E-state index contributed by atoms with van der Waals surface area (Å²) in [4.78, 5) is 32.8. The number of benzene rings is 1. The van der Waals surface area contributed by atoms with Crippen LogP contribution in [0.5, 0.6) is 5.75 Å². The molecule has 1 aliphatic carbocycles. The Morgan fingerprint density at radius 2 is 1.86 bits per heavy atom. The van der Waals surface area contributed by atoms with Crippen LogP contribution in [0.1, 0.15) is 46.0 Å². The van der Waals surface area contributed by atoms with Crippen LogP contribution in [0.25, 0.3) is 0 Å². The molecule has 1 aromatic carbocycles. The summed E-state index contributed by atoms with van der Waals surface area (Å²) in [6.07, 6.45) is -2.94. The van der Waals surface area contributed by atoms with Crippen molar-refractivity contribution in [2.45, 2.75) is 46.0 Å². The van der Waals surface area contributed by atoms with E-state index in [-0.39, 0.29) is 36.1 Å². The molecular weight excluding hydrogens is 387 g/mol. The fourth-order valence-electron chi connectivity index (χ4n) is 2.92. The molecule has 29 heavy (non-hydrogen) atoms. The minimum Gasteiger partial charge on any atom is -0.406 e. The van der Waals surface area contributed by atoms with E-state index in [4.69, 9.17) is 0 Å². The number of nitrogens with one attached hydrogen (secondary N) is 1. The van der Waals surface area contributed by atoms with Gasteiger partial charge in [0, 0.05) is 18.2 Å². The molecule has 0 aliphatic heterocycles. The summed E-state index contributed by atoms with van der Waals surface area (Å²) >= 11 is 0. The summed E-state index contributed by atoms with van der Waals surface area (Å²) in [6.45, 7) is 3.32. The van der Waals surface area contributed by atoms with Gasteiger partial charge in [-0.25, -0.2) is 9.97 Å². The number of nitrogens with zero attached hydrogens (tertiary/aromatic N) is 2. The third-order valence-electron chi connectivity index (χ3n) is 4.30. The van der Waals surface area contributed by atoms with Crippen molar-refractivity contribution >= 4 is 11.7 Å². The Morgan fingerprint density at radius 1 is 1.14 bits per heavy atom. The zero-order valence-electron chi connectivity index (χ0n) is 16.0. The molecular formula is C20H20F3N3O3. The predicted octanol–water partition coefficient (Wildman–Crippen LogP) is 3.44. The first kappa shape index (κ1) is 20.8. The summed E-state index contributed by atoms with van der Waals surface area (Å²) in [5.41, 5.74) is 1.68. The quantitative estimate of drug-likeness (QED) is 0.761. The van der Waals surface area contributed by atoms with Crippen molar-refractivity contribution in [1.82, 2.24) is 15.3 Å². The van der Waals surface area contributed by atoms with Crippen LogP contribution in [0.2, 0.25) is 0 Å². The van der Waals surface area contributed by atoms with Crippen LogP contribution in [0.3, 0.4) is 0 Å². The lowest BCUT2D eigenvalue weighted by Gasteiger charge is -2.12. The number of ketones is 1. The average Bonchev–Trinajstić information content (AvgIpc) is 3.42. The smallest absolute Gasteiger partial charge is 0.406 e. The Morgan fingerprint density at radius 3 is 2.52 bits per heavy atom. The van der Waals surface area contributed by atoms with Crippen LogP contribution >= 0.6 is 0 Å². The van der Waals surface area contributed by atoms with Gasteiger partial charge in [0.15, 0.2) is 0 Å². The van der Waals surface area contributed by atoms with Gasteiger partial charge in [-0.2, -0.15) is 0 Å². The molecule has 1 aromatic heterocycles. The summed E-state index contributed by atoms with van der Waals surface area (Å²) in [7, 11) is 0. The van der Waals surface area contributed by atoms with Crippen molar-refractivity contribution in [3.8, 4) is 5.75 Å². The summed E-state index contributed by atoms with van der Waals surface area (Å²) < 4.78 is 41.2.